The van der Waals surface area contributed by atoms with Gasteiger partial charge in [0.25, 0.3) is 11.5 Å². The lowest BCUT2D eigenvalue weighted by atomic mass is 10.0. The molecule has 0 aliphatic carbocycles. The van der Waals surface area contributed by atoms with E-state index in [0.29, 0.717) is 37.6 Å². The van der Waals surface area contributed by atoms with Crippen LogP contribution in [0.3, 0.4) is 0 Å². The highest BCUT2D eigenvalue weighted by Crippen LogP contribution is 2.31. The van der Waals surface area contributed by atoms with Crippen molar-refractivity contribution in [2.24, 2.45) is 7.05 Å². The van der Waals surface area contributed by atoms with Crippen molar-refractivity contribution in [3.63, 3.8) is 0 Å². The van der Waals surface area contributed by atoms with E-state index >= 15 is 0 Å². The molecule has 1 amide bonds. The normalized spacial score (nSPS) is 14.2. The topological polar surface area (TPSA) is 89.3 Å². The highest BCUT2D eigenvalue weighted by Gasteiger charge is 2.37. The maximum absolute atomic E-state index is 13.1. The molecule has 1 saturated heterocycles. The lowest BCUT2D eigenvalue weighted by Gasteiger charge is -2.30. The summed E-state index contributed by atoms with van der Waals surface area (Å²) in [6.07, 6.45) is -3.78. The van der Waals surface area contributed by atoms with Gasteiger partial charge < -0.3 is 15.0 Å². The van der Waals surface area contributed by atoms with Crippen LogP contribution in [0.1, 0.15) is 21.6 Å². The van der Waals surface area contributed by atoms with Crippen molar-refractivity contribution in [2.45, 2.75) is 13.1 Å². The molecular formula is C23H22F3N5O3. The van der Waals surface area contributed by atoms with Crippen LogP contribution in [0.5, 0.6) is 0 Å². The number of ether oxygens (including phenoxy) is 1. The Morgan fingerprint density at radius 3 is 2.44 bits per heavy atom. The Morgan fingerprint density at radius 2 is 1.79 bits per heavy atom. The summed E-state index contributed by atoms with van der Waals surface area (Å²) in [6, 6.07) is 9.45. The SMILES string of the molecule is Cc1c(-c2ccc(NC(=O)c3ccnnc3C(F)(F)F)cc2)cc(N2CCOCC2)n(C)c1=O. The number of anilines is 2. The molecule has 2 aromatic heterocycles. The van der Waals surface area contributed by atoms with E-state index in [2.05, 4.69) is 20.4 Å². The zero-order valence-corrected chi connectivity index (χ0v) is 18.5. The van der Waals surface area contributed by atoms with Crippen LogP contribution in [-0.4, -0.2) is 47.0 Å². The molecule has 1 aliphatic rings. The van der Waals surface area contributed by atoms with Crippen molar-refractivity contribution in [1.29, 1.82) is 0 Å². The second kappa shape index (κ2) is 9.26. The predicted octanol–water partition coefficient (Wildman–Crippen LogP) is 3.26. The molecule has 11 heteroatoms. The summed E-state index contributed by atoms with van der Waals surface area (Å²) in [5.41, 5.74) is 0.243. The molecule has 0 spiro atoms. The first-order valence-electron chi connectivity index (χ1n) is 10.5. The molecule has 0 unspecified atom stereocenters. The van der Waals surface area contributed by atoms with E-state index in [9.17, 15) is 22.8 Å². The van der Waals surface area contributed by atoms with Gasteiger partial charge in [0, 0.05) is 31.4 Å². The zero-order valence-electron chi connectivity index (χ0n) is 18.5. The van der Waals surface area contributed by atoms with Crippen LogP contribution in [-0.2, 0) is 18.0 Å². The van der Waals surface area contributed by atoms with Crippen molar-refractivity contribution in [2.75, 3.05) is 36.5 Å². The number of carbonyl (C=O) groups is 1. The number of halogens is 3. The van der Waals surface area contributed by atoms with Crippen LogP contribution in [0, 0.1) is 6.92 Å². The molecule has 0 bridgehead atoms. The number of hydrogen-bond donors (Lipinski definition) is 1. The molecule has 0 atom stereocenters. The first kappa shape index (κ1) is 23.4. The second-order valence-corrected chi connectivity index (χ2v) is 7.83. The summed E-state index contributed by atoms with van der Waals surface area (Å²) in [5, 5.41) is 8.73. The molecule has 3 heterocycles. The van der Waals surface area contributed by atoms with Crippen LogP contribution >= 0.6 is 0 Å². The Bertz CT molecular complexity index is 1270. The molecule has 34 heavy (non-hydrogen) atoms. The van der Waals surface area contributed by atoms with E-state index in [1.165, 1.54) is 0 Å². The molecule has 1 fully saturated rings. The maximum Gasteiger partial charge on any atom is 0.435 e. The van der Waals surface area contributed by atoms with Gasteiger partial charge in [0.1, 0.15) is 5.82 Å². The Kier molecular flexibility index (Phi) is 6.38. The first-order valence-corrected chi connectivity index (χ1v) is 10.5. The summed E-state index contributed by atoms with van der Waals surface area (Å²) in [7, 11) is 1.73. The van der Waals surface area contributed by atoms with E-state index in [-0.39, 0.29) is 5.56 Å². The number of hydrogen-bond acceptors (Lipinski definition) is 6. The number of rotatable bonds is 4. The van der Waals surface area contributed by atoms with Crippen LogP contribution in [0.2, 0.25) is 0 Å². The summed E-state index contributed by atoms with van der Waals surface area (Å²) < 4.78 is 46.4. The molecule has 1 aliphatic heterocycles. The van der Waals surface area contributed by atoms with Gasteiger partial charge >= 0.3 is 6.18 Å². The van der Waals surface area contributed by atoms with Crippen molar-refractivity contribution in [1.82, 2.24) is 14.8 Å². The third-order valence-corrected chi connectivity index (χ3v) is 5.67. The Morgan fingerprint density at radius 1 is 1.12 bits per heavy atom. The minimum Gasteiger partial charge on any atom is -0.378 e. The minimum absolute atomic E-state index is 0.124. The van der Waals surface area contributed by atoms with E-state index in [1.54, 1.807) is 42.8 Å². The molecule has 3 aromatic rings. The van der Waals surface area contributed by atoms with E-state index < -0.39 is 23.3 Å². The van der Waals surface area contributed by atoms with Crippen molar-refractivity contribution >= 4 is 17.4 Å². The fourth-order valence-corrected chi connectivity index (χ4v) is 3.86. The molecule has 1 aromatic carbocycles. The monoisotopic (exact) mass is 473 g/mol. The van der Waals surface area contributed by atoms with Crippen molar-refractivity contribution in [3.05, 3.63) is 69.8 Å². The van der Waals surface area contributed by atoms with Gasteiger partial charge in [0.2, 0.25) is 0 Å². The number of amides is 1. The van der Waals surface area contributed by atoms with Gasteiger partial charge in [-0.05, 0) is 42.3 Å². The van der Waals surface area contributed by atoms with Gasteiger partial charge in [-0.25, -0.2) is 0 Å². The highest BCUT2D eigenvalue weighted by molar-refractivity contribution is 6.05. The van der Waals surface area contributed by atoms with Gasteiger partial charge in [-0.2, -0.15) is 18.3 Å². The largest absolute Gasteiger partial charge is 0.435 e. The smallest absolute Gasteiger partial charge is 0.378 e. The molecule has 178 valence electrons. The quantitative estimate of drug-likeness (QED) is 0.626. The third kappa shape index (κ3) is 4.65. The molecule has 4 rings (SSSR count). The standard InChI is InChI=1S/C23H22F3N5O3/c1-14-18(13-19(30(2)22(14)33)31-9-11-34-12-10-31)15-3-5-16(6-4-15)28-21(32)17-7-8-27-29-20(17)23(24,25)26/h3-8,13H,9-12H2,1-2H3,(H,28,32). The van der Waals surface area contributed by atoms with Crippen LogP contribution in [0.4, 0.5) is 24.7 Å². The summed E-state index contributed by atoms with van der Waals surface area (Å²) in [4.78, 5) is 27.4. The lowest BCUT2D eigenvalue weighted by Crippen LogP contribution is -2.39. The Labute approximate surface area is 193 Å². The molecular weight excluding hydrogens is 451 g/mol. The van der Waals surface area contributed by atoms with E-state index in [0.717, 1.165) is 29.2 Å². The van der Waals surface area contributed by atoms with E-state index in [4.69, 9.17) is 4.74 Å². The van der Waals surface area contributed by atoms with Crippen LogP contribution in [0.15, 0.2) is 47.4 Å². The van der Waals surface area contributed by atoms with E-state index in [1.807, 2.05) is 6.07 Å². The zero-order chi connectivity index (χ0) is 24.5. The number of alkyl halides is 3. The molecule has 1 N–H and O–H groups in total. The number of nitrogens with one attached hydrogen (secondary N) is 1. The van der Waals surface area contributed by atoms with Crippen LogP contribution < -0.4 is 15.8 Å². The summed E-state index contributed by atoms with van der Waals surface area (Å²) in [5.74, 6) is -0.175. The summed E-state index contributed by atoms with van der Waals surface area (Å²) >= 11 is 0. The van der Waals surface area contributed by atoms with Gasteiger partial charge in [-0.3, -0.25) is 14.2 Å². The molecule has 0 radical (unpaired) electrons. The average molecular weight is 473 g/mol. The molecule has 8 nitrogen and oxygen atoms in total. The molecule has 0 saturated carbocycles. The number of morpholine rings is 1. The van der Waals surface area contributed by atoms with Gasteiger partial charge in [-0.1, -0.05) is 12.1 Å². The number of nitrogens with zero attached hydrogens (tertiary/aromatic N) is 4. The lowest BCUT2D eigenvalue weighted by molar-refractivity contribution is -0.142. The Hall–Kier alpha value is -3.73. The van der Waals surface area contributed by atoms with Gasteiger partial charge in [-0.15, -0.1) is 5.10 Å². The summed E-state index contributed by atoms with van der Waals surface area (Å²) in [6.45, 7) is 4.24. The number of pyridine rings is 1. The third-order valence-electron chi connectivity index (χ3n) is 5.67. The number of aromatic nitrogens is 3. The van der Waals surface area contributed by atoms with Crippen LogP contribution in [0.25, 0.3) is 11.1 Å². The van der Waals surface area contributed by atoms with Gasteiger partial charge in [0.05, 0.1) is 25.0 Å². The Balaban J connectivity index is 1.61. The number of benzene rings is 1. The predicted molar refractivity (Wildman–Crippen MR) is 120 cm³/mol. The average Bonchev–Trinajstić information content (AvgIpc) is 2.83. The fraction of sp³-hybridized carbons (Fsp3) is 0.304. The second-order valence-electron chi connectivity index (χ2n) is 7.83. The van der Waals surface area contributed by atoms with Gasteiger partial charge in [0.15, 0.2) is 5.69 Å². The highest BCUT2D eigenvalue weighted by atomic mass is 19.4. The first-order chi connectivity index (χ1) is 16.2. The van der Waals surface area contributed by atoms with Crippen molar-refractivity contribution < 1.29 is 22.7 Å². The number of carbonyl (C=O) groups excluding carboxylic acids is 1. The van der Waals surface area contributed by atoms with Crippen molar-refractivity contribution in [3.8, 4) is 11.1 Å². The fourth-order valence-electron chi connectivity index (χ4n) is 3.86. The maximum atomic E-state index is 13.1. The minimum atomic E-state index is -4.81.